The Kier molecular flexibility index (Phi) is 7.79. The highest BCUT2D eigenvalue weighted by molar-refractivity contribution is 7.89. The van der Waals surface area contributed by atoms with E-state index in [-0.39, 0.29) is 4.90 Å². The van der Waals surface area contributed by atoms with Crippen LogP contribution in [0.5, 0.6) is 5.75 Å². The van der Waals surface area contributed by atoms with E-state index in [1.165, 1.54) is 0 Å². The topological polar surface area (TPSA) is 93.7 Å². The van der Waals surface area contributed by atoms with Gasteiger partial charge in [-0.15, -0.1) is 13.2 Å². The van der Waals surface area contributed by atoms with Gasteiger partial charge in [0, 0.05) is 6.04 Å². The molecular weight excluding hydrogens is 449 g/mol. The third-order valence-electron chi connectivity index (χ3n) is 4.04. The van der Waals surface area contributed by atoms with Gasteiger partial charge in [0.25, 0.3) is 0 Å². The Labute approximate surface area is 185 Å². The highest BCUT2D eigenvalue weighted by atomic mass is 32.2. The van der Waals surface area contributed by atoms with Gasteiger partial charge in [0.15, 0.2) is 0 Å². The van der Waals surface area contributed by atoms with Crippen molar-refractivity contribution >= 4 is 16.1 Å². The molecule has 176 valence electrons. The van der Waals surface area contributed by atoms with Crippen molar-refractivity contribution in [2.24, 2.45) is 0 Å². The molecule has 11 heteroatoms. The maximum absolute atomic E-state index is 12.8. The fourth-order valence-corrected chi connectivity index (χ4v) is 4.05. The van der Waals surface area contributed by atoms with E-state index in [0.29, 0.717) is 5.56 Å². The number of carbonyl (C=O) groups excluding carboxylic acids is 1. The normalized spacial score (nSPS) is 14.3. The van der Waals surface area contributed by atoms with Crippen LogP contribution in [0.1, 0.15) is 39.3 Å². The summed E-state index contributed by atoms with van der Waals surface area (Å²) in [7, 11) is -4.12. The summed E-state index contributed by atoms with van der Waals surface area (Å²) in [6.07, 6.45) is -5.62. The zero-order valence-corrected chi connectivity index (χ0v) is 18.8. The van der Waals surface area contributed by atoms with Crippen LogP contribution in [-0.4, -0.2) is 32.5 Å². The summed E-state index contributed by atoms with van der Waals surface area (Å²) in [5, 5.41) is 2.67. The Hall–Kier alpha value is -2.79. The van der Waals surface area contributed by atoms with Gasteiger partial charge >= 0.3 is 12.5 Å². The van der Waals surface area contributed by atoms with Gasteiger partial charge in [-0.25, -0.2) is 17.9 Å². The lowest BCUT2D eigenvalue weighted by Gasteiger charge is -2.28. The fraction of sp³-hybridized carbons (Fsp3) is 0.381. The van der Waals surface area contributed by atoms with Crippen LogP contribution in [-0.2, 0) is 14.8 Å². The van der Waals surface area contributed by atoms with Crippen LogP contribution in [0.2, 0.25) is 0 Å². The molecule has 32 heavy (non-hydrogen) atoms. The van der Waals surface area contributed by atoms with E-state index in [0.717, 1.165) is 24.3 Å². The van der Waals surface area contributed by atoms with Gasteiger partial charge in [0.1, 0.15) is 11.4 Å². The molecular formula is C21H25F3N2O5S. The molecule has 0 heterocycles. The van der Waals surface area contributed by atoms with E-state index in [9.17, 15) is 26.4 Å². The van der Waals surface area contributed by atoms with E-state index >= 15 is 0 Å². The summed E-state index contributed by atoms with van der Waals surface area (Å²) in [4.78, 5) is 12.1. The molecule has 0 unspecified atom stereocenters. The van der Waals surface area contributed by atoms with Gasteiger partial charge in [-0.2, -0.15) is 0 Å². The molecule has 1 amide bonds. The largest absolute Gasteiger partial charge is 0.573 e. The number of sulfonamides is 1. The Morgan fingerprint density at radius 3 is 2.03 bits per heavy atom. The van der Waals surface area contributed by atoms with Crippen molar-refractivity contribution in [3.63, 3.8) is 0 Å². The highest BCUT2D eigenvalue weighted by Gasteiger charge is 2.32. The monoisotopic (exact) mass is 474 g/mol. The van der Waals surface area contributed by atoms with Crippen LogP contribution in [0.15, 0.2) is 59.5 Å². The molecule has 7 nitrogen and oxygen atoms in total. The fourth-order valence-electron chi connectivity index (χ4n) is 2.79. The molecule has 0 spiro atoms. The number of benzene rings is 2. The van der Waals surface area contributed by atoms with E-state index in [1.807, 2.05) is 0 Å². The number of alkyl carbamates (subject to hydrolysis) is 1. The first-order valence-electron chi connectivity index (χ1n) is 9.59. The summed E-state index contributed by atoms with van der Waals surface area (Å²) >= 11 is 0. The van der Waals surface area contributed by atoms with Crippen molar-refractivity contribution in [1.82, 2.24) is 10.0 Å². The average Bonchev–Trinajstić information content (AvgIpc) is 2.64. The number of halogens is 3. The molecule has 2 atom stereocenters. The minimum Gasteiger partial charge on any atom is -0.444 e. The van der Waals surface area contributed by atoms with Gasteiger partial charge in [0.05, 0.1) is 10.9 Å². The van der Waals surface area contributed by atoms with Crippen molar-refractivity contribution in [2.75, 3.05) is 0 Å². The van der Waals surface area contributed by atoms with Crippen molar-refractivity contribution in [1.29, 1.82) is 0 Å². The number of hydrogen-bond donors (Lipinski definition) is 2. The summed E-state index contributed by atoms with van der Waals surface area (Å²) in [6.45, 7) is 6.64. The van der Waals surface area contributed by atoms with Crippen LogP contribution >= 0.6 is 0 Å². The average molecular weight is 475 g/mol. The first-order chi connectivity index (χ1) is 14.7. The van der Waals surface area contributed by atoms with Crippen LogP contribution in [0.4, 0.5) is 18.0 Å². The minimum absolute atomic E-state index is 0.261. The first kappa shape index (κ1) is 25.5. The molecule has 2 aromatic carbocycles. The molecule has 0 radical (unpaired) electrons. The number of carbonyl (C=O) groups is 1. The number of rotatable bonds is 7. The number of ether oxygens (including phenoxy) is 2. The lowest BCUT2D eigenvalue weighted by Crippen LogP contribution is -2.45. The molecule has 0 aliphatic rings. The zero-order chi connectivity index (χ0) is 24.2. The van der Waals surface area contributed by atoms with Crippen LogP contribution in [0, 0.1) is 0 Å². The smallest absolute Gasteiger partial charge is 0.444 e. The third kappa shape index (κ3) is 8.04. The van der Waals surface area contributed by atoms with Crippen LogP contribution in [0.3, 0.4) is 0 Å². The number of nitrogens with one attached hydrogen (secondary N) is 2. The SMILES string of the molecule is C[C@H](NS(=O)(=O)c1ccc(OC(F)(F)F)cc1)[C@@H](NC(=O)OC(C)(C)C)c1ccccc1. The maximum Gasteiger partial charge on any atom is 0.573 e. The second kappa shape index (κ2) is 9.78. The lowest BCUT2D eigenvalue weighted by molar-refractivity contribution is -0.274. The molecule has 0 aliphatic carbocycles. The zero-order valence-electron chi connectivity index (χ0n) is 17.9. The van der Waals surface area contributed by atoms with E-state index in [2.05, 4.69) is 14.8 Å². The second-order valence-corrected chi connectivity index (χ2v) is 9.68. The Morgan fingerprint density at radius 1 is 0.969 bits per heavy atom. The molecule has 2 aromatic rings. The second-order valence-electron chi connectivity index (χ2n) is 7.96. The summed E-state index contributed by atoms with van der Waals surface area (Å²) in [5.41, 5.74) is -0.128. The van der Waals surface area contributed by atoms with E-state index < -0.39 is 45.9 Å². The van der Waals surface area contributed by atoms with Gasteiger partial charge in [0.2, 0.25) is 10.0 Å². The van der Waals surface area contributed by atoms with E-state index in [4.69, 9.17) is 4.74 Å². The molecule has 0 fully saturated rings. The molecule has 0 saturated heterocycles. The highest BCUT2D eigenvalue weighted by Crippen LogP contribution is 2.25. The van der Waals surface area contributed by atoms with Crippen LogP contribution < -0.4 is 14.8 Å². The quantitative estimate of drug-likeness (QED) is 0.616. The van der Waals surface area contributed by atoms with Crippen molar-refractivity contribution < 1.29 is 35.9 Å². The maximum atomic E-state index is 12.8. The predicted molar refractivity (Wildman–Crippen MR) is 111 cm³/mol. The number of hydrogen-bond acceptors (Lipinski definition) is 5. The molecule has 0 aliphatic heterocycles. The summed E-state index contributed by atoms with van der Waals surface area (Å²) < 4.78 is 73.9. The van der Waals surface area contributed by atoms with Crippen molar-refractivity contribution in [2.45, 2.75) is 56.6 Å². The van der Waals surface area contributed by atoms with Gasteiger partial charge in [-0.1, -0.05) is 30.3 Å². The van der Waals surface area contributed by atoms with Crippen LogP contribution in [0.25, 0.3) is 0 Å². The van der Waals surface area contributed by atoms with Gasteiger partial charge in [-0.3, -0.25) is 0 Å². The third-order valence-corrected chi connectivity index (χ3v) is 5.61. The predicted octanol–water partition coefficient (Wildman–Crippen LogP) is 4.52. The first-order valence-corrected chi connectivity index (χ1v) is 11.1. The van der Waals surface area contributed by atoms with Crippen molar-refractivity contribution in [3.05, 3.63) is 60.2 Å². The summed E-state index contributed by atoms with van der Waals surface area (Å²) in [5.74, 6) is -0.543. The van der Waals surface area contributed by atoms with Gasteiger partial charge < -0.3 is 14.8 Å². The molecule has 0 saturated carbocycles. The summed E-state index contributed by atoms with van der Waals surface area (Å²) in [6, 6.07) is 10.9. The Bertz CT molecular complexity index is 1000. The van der Waals surface area contributed by atoms with Gasteiger partial charge in [-0.05, 0) is 57.5 Å². The standard InChI is InChI=1S/C21H25F3N2O5S/c1-14(18(15-8-6-5-7-9-15)25-19(27)31-20(2,3)4)26-32(28,29)17-12-10-16(11-13-17)30-21(22,23)24/h5-14,18,26H,1-4H3,(H,25,27)/t14-,18+/m0/s1. The molecule has 0 aromatic heterocycles. The van der Waals surface area contributed by atoms with E-state index in [1.54, 1.807) is 58.0 Å². The Balaban J connectivity index is 2.22. The number of alkyl halides is 3. The number of amides is 1. The lowest BCUT2D eigenvalue weighted by atomic mass is 10.0. The van der Waals surface area contributed by atoms with Crippen molar-refractivity contribution in [3.8, 4) is 5.75 Å². The molecule has 2 rings (SSSR count). The molecule has 2 N–H and O–H groups in total. The minimum atomic E-state index is -4.89. The molecule has 0 bridgehead atoms. The Morgan fingerprint density at radius 2 is 1.53 bits per heavy atom.